The highest BCUT2D eigenvalue weighted by Gasteiger charge is 2.38. The van der Waals surface area contributed by atoms with Crippen LogP contribution in [0, 0.1) is 5.92 Å². The number of benzene rings is 1. The quantitative estimate of drug-likeness (QED) is 0.450. The summed E-state index contributed by atoms with van der Waals surface area (Å²) in [6.07, 6.45) is 3.07. The third-order valence-electron chi connectivity index (χ3n) is 5.77. The number of amides is 3. The molecule has 3 rings (SSSR count). The number of rotatable bonds is 7. The van der Waals surface area contributed by atoms with Crippen molar-refractivity contribution in [1.29, 1.82) is 0 Å². The Kier molecular flexibility index (Phi) is 9.93. The lowest BCUT2D eigenvalue weighted by atomic mass is 10.0. The van der Waals surface area contributed by atoms with E-state index < -0.39 is 18.1 Å². The van der Waals surface area contributed by atoms with Crippen LogP contribution in [0.3, 0.4) is 0 Å². The van der Waals surface area contributed by atoms with E-state index in [1.807, 2.05) is 44.2 Å². The van der Waals surface area contributed by atoms with Gasteiger partial charge in [-0.1, -0.05) is 19.9 Å². The Morgan fingerprint density at radius 3 is 2.56 bits per heavy atom. The summed E-state index contributed by atoms with van der Waals surface area (Å²) in [6, 6.07) is 7.68. The molecule has 1 fully saturated rings. The molecule has 4 N–H and O–H groups in total. The second-order valence-corrected chi connectivity index (χ2v) is 8.44. The van der Waals surface area contributed by atoms with E-state index in [2.05, 4.69) is 20.9 Å². The zero-order valence-corrected chi connectivity index (χ0v) is 19.9. The average Bonchev–Trinajstić information content (AvgIpc) is 3.32. The van der Waals surface area contributed by atoms with E-state index in [0.717, 1.165) is 17.3 Å². The van der Waals surface area contributed by atoms with Crippen molar-refractivity contribution in [3.8, 4) is 0 Å². The SMILES string of the molecule is CN[C@@H](C)C(=O)N[C@H](C(=O)N1CCC[C@H]1C(=O)Nc1ccc2ncccc2c1)C(C)C.O=CO. The number of carbonyl (C=O) groups excluding carboxylic acids is 3. The van der Waals surface area contributed by atoms with Crippen molar-refractivity contribution in [3.63, 3.8) is 0 Å². The van der Waals surface area contributed by atoms with Crippen molar-refractivity contribution in [2.75, 3.05) is 18.9 Å². The van der Waals surface area contributed by atoms with Crippen molar-refractivity contribution < 1.29 is 24.3 Å². The van der Waals surface area contributed by atoms with Crippen LogP contribution < -0.4 is 16.0 Å². The lowest BCUT2D eigenvalue weighted by Gasteiger charge is -2.31. The van der Waals surface area contributed by atoms with Gasteiger partial charge in [-0.05, 0) is 57.0 Å². The van der Waals surface area contributed by atoms with Gasteiger partial charge in [0.2, 0.25) is 17.7 Å². The highest BCUT2D eigenvalue weighted by molar-refractivity contribution is 6.00. The molecule has 184 valence electrons. The summed E-state index contributed by atoms with van der Waals surface area (Å²) in [5, 5.41) is 16.5. The highest BCUT2D eigenvalue weighted by Crippen LogP contribution is 2.23. The summed E-state index contributed by atoms with van der Waals surface area (Å²) in [7, 11) is 1.69. The number of hydrogen-bond donors (Lipinski definition) is 4. The van der Waals surface area contributed by atoms with Crippen molar-refractivity contribution in [1.82, 2.24) is 20.5 Å². The van der Waals surface area contributed by atoms with E-state index >= 15 is 0 Å². The fourth-order valence-electron chi connectivity index (χ4n) is 3.78. The van der Waals surface area contributed by atoms with E-state index in [-0.39, 0.29) is 30.1 Å². The lowest BCUT2D eigenvalue weighted by molar-refractivity contribution is -0.141. The predicted octanol–water partition coefficient (Wildman–Crippen LogP) is 1.61. The monoisotopic (exact) mass is 471 g/mol. The van der Waals surface area contributed by atoms with Gasteiger partial charge in [0.05, 0.1) is 11.6 Å². The van der Waals surface area contributed by atoms with Crippen molar-refractivity contribution in [2.45, 2.75) is 51.7 Å². The zero-order valence-electron chi connectivity index (χ0n) is 19.9. The van der Waals surface area contributed by atoms with Gasteiger partial charge in [0, 0.05) is 23.8 Å². The van der Waals surface area contributed by atoms with Crippen LogP contribution >= 0.6 is 0 Å². The third-order valence-corrected chi connectivity index (χ3v) is 5.77. The van der Waals surface area contributed by atoms with Crippen LogP contribution in [0.1, 0.15) is 33.6 Å². The van der Waals surface area contributed by atoms with Crippen LogP contribution in [0.5, 0.6) is 0 Å². The molecule has 1 saturated heterocycles. The maximum Gasteiger partial charge on any atom is 0.290 e. The van der Waals surface area contributed by atoms with E-state index in [9.17, 15) is 14.4 Å². The number of likely N-dealkylation sites (N-methyl/N-ethyl adjacent to an activating group) is 1. The summed E-state index contributed by atoms with van der Waals surface area (Å²) in [6.45, 7) is 5.77. The predicted molar refractivity (Wildman–Crippen MR) is 129 cm³/mol. The molecule has 3 atom stereocenters. The minimum absolute atomic E-state index is 0.0993. The minimum atomic E-state index is -0.677. The van der Waals surface area contributed by atoms with Gasteiger partial charge < -0.3 is 26.0 Å². The number of carbonyl (C=O) groups is 4. The molecule has 34 heavy (non-hydrogen) atoms. The van der Waals surface area contributed by atoms with E-state index in [1.165, 1.54) is 0 Å². The third kappa shape index (κ3) is 6.74. The number of nitrogens with zero attached hydrogens (tertiary/aromatic N) is 2. The molecule has 0 spiro atoms. The molecule has 0 radical (unpaired) electrons. The Bertz CT molecular complexity index is 1010. The summed E-state index contributed by atoms with van der Waals surface area (Å²) in [4.78, 5) is 52.9. The Hall–Kier alpha value is -3.53. The van der Waals surface area contributed by atoms with Crippen LogP contribution in [0.25, 0.3) is 10.9 Å². The second kappa shape index (κ2) is 12.6. The van der Waals surface area contributed by atoms with Crippen LogP contribution in [0.15, 0.2) is 36.5 Å². The average molecular weight is 472 g/mol. The number of hydrogen-bond acceptors (Lipinski definition) is 6. The highest BCUT2D eigenvalue weighted by atomic mass is 16.3. The molecule has 0 aliphatic carbocycles. The largest absolute Gasteiger partial charge is 0.483 e. The summed E-state index contributed by atoms with van der Waals surface area (Å²) >= 11 is 0. The molecule has 10 nitrogen and oxygen atoms in total. The van der Waals surface area contributed by atoms with Crippen LogP contribution in [-0.2, 0) is 19.2 Å². The molecule has 0 saturated carbocycles. The molecule has 0 unspecified atom stereocenters. The topological polar surface area (TPSA) is 141 Å². The van der Waals surface area contributed by atoms with Crippen molar-refractivity contribution >= 4 is 40.8 Å². The molecule has 1 aromatic heterocycles. The van der Waals surface area contributed by atoms with Gasteiger partial charge in [-0.25, -0.2) is 0 Å². The first kappa shape index (κ1) is 26.7. The molecule has 1 aliphatic rings. The van der Waals surface area contributed by atoms with Crippen LogP contribution in [0.2, 0.25) is 0 Å². The summed E-state index contributed by atoms with van der Waals surface area (Å²) in [5.74, 6) is -0.768. The molecule has 2 heterocycles. The molecule has 0 bridgehead atoms. The van der Waals surface area contributed by atoms with Gasteiger partial charge in [0.1, 0.15) is 12.1 Å². The normalized spacial score (nSPS) is 16.9. The maximum atomic E-state index is 13.3. The standard InChI is InChI=1S/C23H31N5O3.CH2O2/c1-14(2)20(27-21(29)15(3)24-4)23(31)28-12-6-8-19(28)22(30)26-17-9-10-18-16(13-17)7-5-11-25-18;2-1-3/h5,7,9-11,13-15,19-20,24H,6,8,12H2,1-4H3,(H,26,30)(H,27,29);1H,(H,2,3)/t15-,19-,20-;/m0./s1. The van der Waals surface area contributed by atoms with Gasteiger partial charge in [-0.15, -0.1) is 0 Å². The first-order chi connectivity index (χ1) is 16.2. The lowest BCUT2D eigenvalue weighted by Crippen LogP contribution is -2.56. The molecular weight excluding hydrogens is 438 g/mol. The number of carboxylic acid groups (broad SMARTS) is 1. The van der Waals surface area contributed by atoms with Crippen molar-refractivity contribution in [3.05, 3.63) is 36.5 Å². The van der Waals surface area contributed by atoms with Crippen LogP contribution in [-0.4, -0.2) is 70.9 Å². The summed E-state index contributed by atoms with van der Waals surface area (Å²) < 4.78 is 0. The van der Waals surface area contributed by atoms with E-state index in [0.29, 0.717) is 18.7 Å². The smallest absolute Gasteiger partial charge is 0.290 e. The van der Waals surface area contributed by atoms with Crippen LogP contribution in [0.4, 0.5) is 5.69 Å². The Morgan fingerprint density at radius 1 is 1.21 bits per heavy atom. The maximum absolute atomic E-state index is 13.3. The molecule has 1 aromatic carbocycles. The number of aromatic nitrogens is 1. The van der Waals surface area contributed by atoms with E-state index in [4.69, 9.17) is 9.90 Å². The van der Waals surface area contributed by atoms with Gasteiger partial charge in [-0.3, -0.25) is 24.2 Å². The summed E-state index contributed by atoms with van der Waals surface area (Å²) in [5.41, 5.74) is 1.52. The number of anilines is 1. The molecule has 10 heteroatoms. The first-order valence-electron chi connectivity index (χ1n) is 11.2. The van der Waals surface area contributed by atoms with E-state index in [1.54, 1.807) is 25.1 Å². The zero-order chi connectivity index (χ0) is 25.3. The molecular formula is C24H33N5O5. The second-order valence-electron chi connectivity index (χ2n) is 8.44. The number of pyridine rings is 1. The fourth-order valence-corrected chi connectivity index (χ4v) is 3.78. The van der Waals surface area contributed by atoms with Gasteiger partial charge in [0.15, 0.2) is 0 Å². The molecule has 2 aromatic rings. The Morgan fingerprint density at radius 2 is 1.91 bits per heavy atom. The Balaban J connectivity index is 0.00000129. The molecule has 3 amide bonds. The Labute approximate surface area is 199 Å². The van der Waals surface area contributed by atoms with Gasteiger partial charge in [-0.2, -0.15) is 0 Å². The molecule has 1 aliphatic heterocycles. The fraction of sp³-hybridized carbons (Fsp3) is 0.458. The first-order valence-corrected chi connectivity index (χ1v) is 11.2. The van der Waals surface area contributed by atoms with Gasteiger partial charge >= 0.3 is 0 Å². The number of fused-ring (bicyclic) bond motifs is 1. The van der Waals surface area contributed by atoms with Crippen molar-refractivity contribution in [2.24, 2.45) is 5.92 Å². The van der Waals surface area contributed by atoms with Gasteiger partial charge in [0.25, 0.3) is 6.47 Å². The minimum Gasteiger partial charge on any atom is -0.483 e. The number of likely N-dealkylation sites (tertiary alicyclic amines) is 1. The number of nitrogens with one attached hydrogen (secondary N) is 3.